The van der Waals surface area contributed by atoms with Crippen LogP contribution in [-0.2, 0) is 4.79 Å². The zero-order valence-corrected chi connectivity index (χ0v) is 12.3. The van der Waals surface area contributed by atoms with E-state index >= 15 is 0 Å². The second-order valence-electron chi connectivity index (χ2n) is 5.02. The quantitative estimate of drug-likeness (QED) is 0.874. The summed E-state index contributed by atoms with van der Waals surface area (Å²) in [6.07, 6.45) is 4.95. The van der Waals surface area contributed by atoms with Crippen LogP contribution in [0.15, 0.2) is 12.1 Å². The summed E-state index contributed by atoms with van der Waals surface area (Å²) in [7, 11) is 0. The van der Waals surface area contributed by atoms with Gasteiger partial charge in [-0.25, -0.2) is 4.79 Å². The van der Waals surface area contributed by atoms with Gasteiger partial charge in [0.1, 0.15) is 0 Å². The van der Waals surface area contributed by atoms with E-state index in [0.29, 0.717) is 12.3 Å². The smallest absolute Gasteiger partial charge is 0.335 e. The Kier molecular flexibility index (Phi) is 4.89. The maximum atomic E-state index is 11.9. The van der Waals surface area contributed by atoms with Crippen molar-refractivity contribution in [3.63, 3.8) is 0 Å². The van der Waals surface area contributed by atoms with Crippen LogP contribution in [0.2, 0.25) is 10.0 Å². The van der Waals surface area contributed by atoms with Gasteiger partial charge in [-0.2, -0.15) is 0 Å². The normalized spacial score (nSPS) is 15.3. The van der Waals surface area contributed by atoms with Crippen LogP contribution in [-0.4, -0.2) is 17.0 Å². The lowest BCUT2D eigenvalue weighted by atomic mass is 10.0. The van der Waals surface area contributed by atoms with Gasteiger partial charge in [-0.05, 0) is 30.9 Å². The molecule has 0 atom stereocenters. The summed E-state index contributed by atoms with van der Waals surface area (Å²) in [5, 5.41) is 11.8. The minimum Gasteiger partial charge on any atom is -0.478 e. The summed E-state index contributed by atoms with van der Waals surface area (Å²) < 4.78 is 0. The number of carbonyl (C=O) groups excluding carboxylic acids is 1. The molecule has 1 aromatic rings. The number of benzene rings is 1. The highest BCUT2D eigenvalue weighted by Gasteiger charge is 2.20. The van der Waals surface area contributed by atoms with E-state index < -0.39 is 5.97 Å². The number of hydrogen-bond acceptors (Lipinski definition) is 2. The Balaban J connectivity index is 2.08. The van der Waals surface area contributed by atoms with E-state index in [9.17, 15) is 9.59 Å². The zero-order valence-electron chi connectivity index (χ0n) is 10.8. The minimum absolute atomic E-state index is 0.00575. The lowest BCUT2D eigenvalue weighted by molar-refractivity contribution is -0.117. The average molecular weight is 316 g/mol. The van der Waals surface area contributed by atoms with Gasteiger partial charge in [0.15, 0.2) is 0 Å². The van der Waals surface area contributed by atoms with Crippen molar-refractivity contribution in [2.24, 2.45) is 5.92 Å². The first-order chi connectivity index (χ1) is 9.47. The molecule has 0 saturated heterocycles. The van der Waals surface area contributed by atoms with Crippen LogP contribution in [0.5, 0.6) is 0 Å². The molecule has 6 heteroatoms. The van der Waals surface area contributed by atoms with Gasteiger partial charge < -0.3 is 10.4 Å². The van der Waals surface area contributed by atoms with E-state index in [-0.39, 0.29) is 27.2 Å². The number of amides is 1. The number of hydrogen-bond donors (Lipinski definition) is 2. The number of rotatable bonds is 4. The molecule has 0 bridgehead atoms. The maximum Gasteiger partial charge on any atom is 0.335 e. The fourth-order valence-electron chi connectivity index (χ4n) is 2.48. The lowest BCUT2D eigenvalue weighted by Gasteiger charge is -2.12. The monoisotopic (exact) mass is 315 g/mol. The summed E-state index contributed by atoms with van der Waals surface area (Å²) in [6.45, 7) is 0. The Hall–Kier alpha value is -1.26. The van der Waals surface area contributed by atoms with Crippen molar-refractivity contribution < 1.29 is 14.7 Å². The standard InChI is InChI=1S/C14H15Cl2NO3/c15-10-6-9(14(19)20)7-11(16)13(10)17-12(18)5-8-3-1-2-4-8/h6-8H,1-5H2,(H,17,18)(H,19,20). The first kappa shape index (κ1) is 15.1. The molecule has 0 heterocycles. The van der Waals surface area contributed by atoms with Gasteiger partial charge in [-0.15, -0.1) is 0 Å². The fraction of sp³-hybridized carbons (Fsp3) is 0.429. The van der Waals surface area contributed by atoms with Gasteiger partial charge >= 0.3 is 5.97 Å². The van der Waals surface area contributed by atoms with E-state index in [4.69, 9.17) is 28.3 Å². The van der Waals surface area contributed by atoms with Crippen LogP contribution in [0.4, 0.5) is 5.69 Å². The molecule has 0 aliphatic heterocycles. The summed E-state index contributed by atoms with van der Waals surface area (Å²) in [6, 6.07) is 2.56. The highest BCUT2D eigenvalue weighted by atomic mass is 35.5. The van der Waals surface area contributed by atoms with Crippen molar-refractivity contribution in [1.29, 1.82) is 0 Å². The average Bonchev–Trinajstić information content (AvgIpc) is 2.86. The van der Waals surface area contributed by atoms with Gasteiger partial charge in [-0.1, -0.05) is 36.0 Å². The van der Waals surface area contributed by atoms with Gasteiger partial charge in [-0.3, -0.25) is 4.79 Å². The number of carbonyl (C=O) groups is 2. The van der Waals surface area contributed by atoms with Crippen molar-refractivity contribution in [2.75, 3.05) is 5.32 Å². The van der Waals surface area contributed by atoms with E-state index in [1.165, 1.54) is 25.0 Å². The van der Waals surface area contributed by atoms with E-state index in [0.717, 1.165) is 12.8 Å². The SMILES string of the molecule is O=C(CC1CCCC1)Nc1c(Cl)cc(C(=O)O)cc1Cl. The fourth-order valence-corrected chi connectivity index (χ4v) is 3.06. The van der Waals surface area contributed by atoms with Crippen LogP contribution < -0.4 is 5.32 Å². The molecule has 1 aliphatic rings. The Morgan fingerprint density at radius 3 is 2.25 bits per heavy atom. The molecule has 0 radical (unpaired) electrons. The number of carboxylic acids is 1. The number of halogens is 2. The molecule has 1 saturated carbocycles. The highest BCUT2D eigenvalue weighted by Crippen LogP contribution is 2.33. The van der Waals surface area contributed by atoms with Crippen molar-refractivity contribution >= 4 is 40.8 Å². The van der Waals surface area contributed by atoms with Crippen LogP contribution in [0, 0.1) is 5.92 Å². The molecule has 0 aromatic heterocycles. The Morgan fingerprint density at radius 1 is 1.20 bits per heavy atom. The van der Waals surface area contributed by atoms with Crippen LogP contribution in [0.3, 0.4) is 0 Å². The highest BCUT2D eigenvalue weighted by molar-refractivity contribution is 6.40. The molecule has 20 heavy (non-hydrogen) atoms. The summed E-state index contributed by atoms with van der Waals surface area (Å²) >= 11 is 12.0. The molecule has 2 rings (SSSR count). The van der Waals surface area contributed by atoms with E-state index in [2.05, 4.69) is 5.32 Å². The zero-order chi connectivity index (χ0) is 14.7. The minimum atomic E-state index is -1.11. The topological polar surface area (TPSA) is 66.4 Å². The molecule has 0 spiro atoms. The second-order valence-corrected chi connectivity index (χ2v) is 5.84. The molecule has 1 aromatic carbocycles. The van der Waals surface area contributed by atoms with Crippen molar-refractivity contribution in [1.82, 2.24) is 0 Å². The molecule has 1 fully saturated rings. The predicted molar refractivity (Wildman–Crippen MR) is 78.6 cm³/mol. The summed E-state index contributed by atoms with van der Waals surface area (Å²) in [5.41, 5.74) is 0.273. The Morgan fingerprint density at radius 2 is 1.75 bits per heavy atom. The van der Waals surface area contributed by atoms with Crippen LogP contribution in [0.1, 0.15) is 42.5 Å². The van der Waals surface area contributed by atoms with Gasteiger partial charge in [0.25, 0.3) is 0 Å². The van der Waals surface area contributed by atoms with Crippen LogP contribution >= 0.6 is 23.2 Å². The molecule has 4 nitrogen and oxygen atoms in total. The van der Waals surface area contributed by atoms with E-state index in [1.807, 2.05) is 0 Å². The largest absolute Gasteiger partial charge is 0.478 e. The number of anilines is 1. The number of carboxylic acid groups (broad SMARTS) is 1. The Labute approximate surface area is 127 Å². The molecule has 1 aliphatic carbocycles. The van der Waals surface area contributed by atoms with Gasteiger partial charge in [0, 0.05) is 6.42 Å². The first-order valence-electron chi connectivity index (χ1n) is 6.49. The third-order valence-corrected chi connectivity index (χ3v) is 4.10. The summed E-state index contributed by atoms with van der Waals surface area (Å²) in [5.74, 6) is -0.827. The first-order valence-corrected chi connectivity index (χ1v) is 7.25. The molecule has 0 unspecified atom stereocenters. The van der Waals surface area contributed by atoms with Gasteiger partial charge in [0.2, 0.25) is 5.91 Å². The third kappa shape index (κ3) is 3.64. The Bertz CT molecular complexity index is 516. The summed E-state index contributed by atoms with van der Waals surface area (Å²) in [4.78, 5) is 22.8. The third-order valence-electron chi connectivity index (χ3n) is 3.50. The lowest BCUT2D eigenvalue weighted by Crippen LogP contribution is -2.16. The van der Waals surface area contributed by atoms with Crippen molar-refractivity contribution in [2.45, 2.75) is 32.1 Å². The van der Waals surface area contributed by atoms with Crippen LogP contribution in [0.25, 0.3) is 0 Å². The van der Waals surface area contributed by atoms with E-state index in [1.54, 1.807) is 0 Å². The van der Waals surface area contributed by atoms with Crippen molar-refractivity contribution in [3.05, 3.63) is 27.7 Å². The second kappa shape index (κ2) is 6.46. The number of nitrogens with one attached hydrogen (secondary N) is 1. The molecule has 1 amide bonds. The number of aromatic carboxylic acids is 1. The molecule has 2 N–H and O–H groups in total. The molecule has 108 valence electrons. The van der Waals surface area contributed by atoms with Crippen molar-refractivity contribution in [3.8, 4) is 0 Å². The molecular weight excluding hydrogens is 301 g/mol. The molecular formula is C14H15Cl2NO3. The predicted octanol–water partition coefficient (Wildman–Crippen LogP) is 4.21. The van der Waals surface area contributed by atoms with Gasteiger partial charge in [0.05, 0.1) is 21.3 Å². The maximum absolute atomic E-state index is 11.9.